The summed E-state index contributed by atoms with van der Waals surface area (Å²) in [5.41, 5.74) is 10.1. The Balaban J connectivity index is 0.00000288. The lowest BCUT2D eigenvalue weighted by molar-refractivity contribution is -0.120. The third-order valence-corrected chi connectivity index (χ3v) is 3.90. The van der Waals surface area contributed by atoms with Gasteiger partial charge in [0.15, 0.2) is 0 Å². The van der Waals surface area contributed by atoms with Crippen molar-refractivity contribution in [2.45, 2.75) is 39.0 Å². The van der Waals surface area contributed by atoms with E-state index in [1.807, 2.05) is 24.3 Å². The Morgan fingerprint density at radius 3 is 2.04 bits per heavy atom. The van der Waals surface area contributed by atoms with E-state index in [9.17, 15) is 4.79 Å². The monoisotopic (exact) mass is 346 g/mol. The average molecular weight is 347 g/mol. The number of nitrogens with one attached hydrogen (secondary N) is 1. The maximum Gasteiger partial charge on any atom is 0.224 e. The fraction of sp³-hybridized carbons (Fsp3) is 0.350. The molecule has 2 aromatic rings. The number of halogens is 1. The lowest BCUT2D eigenvalue weighted by Gasteiger charge is -2.19. The fourth-order valence-electron chi connectivity index (χ4n) is 2.40. The molecule has 2 rings (SSSR count). The molecule has 0 aliphatic heterocycles. The SMILES string of the molecule is CC(C)(C)c1ccc(CCNC(=O)Cc2ccc(N)cc2)cc1.Cl. The van der Waals surface area contributed by atoms with E-state index in [2.05, 4.69) is 50.4 Å². The third kappa shape index (κ3) is 6.25. The number of carbonyl (C=O) groups is 1. The summed E-state index contributed by atoms with van der Waals surface area (Å²) in [5.74, 6) is 0.0427. The standard InChI is InChI=1S/C20H26N2O.ClH/c1-20(2,3)17-8-4-15(5-9-17)12-13-22-19(23)14-16-6-10-18(21)11-7-16;/h4-11H,12-14,21H2,1-3H3,(H,22,23);1H. The Morgan fingerprint density at radius 1 is 0.958 bits per heavy atom. The molecule has 0 aromatic heterocycles. The van der Waals surface area contributed by atoms with Crippen LogP contribution < -0.4 is 11.1 Å². The van der Waals surface area contributed by atoms with Crippen LogP contribution in [0.4, 0.5) is 5.69 Å². The van der Waals surface area contributed by atoms with Gasteiger partial charge in [0.25, 0.3) is 0 Å². The van der Waals surface area contributed by atoms with Crippen LogP contribution in [0.15, 0.2) is 48.5 Å². The third-order valence-electron chi connectivity index (χ3n) is 3.90. The molecule has 0 aliphatic carbocycles. The molecule has 0 fully saturated rings. The van der Waals surface area contributed by atoms with Gasteiger partial charge in [0, 0.05) is 12.2 Å². The Morgan fingerprint density at radius 2 is 1.50 bits per heavy atom. The second kappa shape index (κ2) is 8.74. The zero-order valence-electron chi connectivity index (χ0n) is 14.6. The molecule has 0 heterocycles. The molecule has 3 nitrogen and oxygen atoms in total. The minimum Gasteiger partial charge on any atom is -0.399 e. The second-order valence-corrected chi connectivity index (χ2v) is 6.97. The van der Waals surface area contributed by atoms with Gasteiger partial charge in [-0.2, -0.15) is 0 Å². The molecule has 0 saturated heterocycles. The van der Waals surface area contributed by atoms with Crippen molar-refractivity contribution in [3.8, 4) is 0 Å². The molecule has 0 saturated carbocycles. The van der Waals surface area contributed by atoms with Gasteiger partial charge in [-0.15, -0.1) is 12.4 Å². The Bertz CT molecular complexity index is 643. The van der Waals surface area contributed by atoms with Crippen molar-refractivity contribution in [2.75, 3.05) is 12.3 Å². The maximum absolute atomic E-state index is 11.9. The molecule has 0 aliphatic rings. The molecule has 24 heavy (non-hydrogen) atoms. The zero-order chi connectivity index (χ0) is 16.9. The van der Waals surface area contributed by atoms with E-state index in [0.29, 0.717) is 18.7 Å². The topological polar surface area (TPSA) is 55.1 Å². The van der Waals surface area contributed by atoms with E-state index >= 15 is 0 Å². The van der Waals surface area contributed by atoms with Gasteiger partial charge in [0.05, 0.1) is 6.42 Å². The molecule has 3 N–H and O–H groups in total. The van der Waals surface area contributed by atoms with Gasteiger partial charge in [-0.1, -0.05) is 57.2 Å². The van der Waals surface area contributed by atoms with E-state index < -0.39 is 0 Å². The fourth-order valence-corrected chi connectivity index (χ4v) is 2.40. The number of benzene rings is 2. The smallest absolute Gasteiger partial charge is 0.224 e. The lowest BCUT2D eigenvalue weighted by atomic mass is 9.86. The predicted octanol–water partition coefficient (Wildman–Crippen LogP) is 3.89. The summed E-state index contributed by atoms with van der Waals surface area (Å²) in [6.07, 6.45) is 1.24. The van der Waals surface area contributed by atoms with Crippen LogP contribution >= 0.6 is 12.4 Å². The lowest BCUT2D eigenvalue weighted by Crippen LogP contribution is -2.27. The van der Waals surface area contributed by atoms with E-state index in [-0.39, 0.29) is 23.7 Å². The maximum atomic E-state index is 11.9. The van der Waals surface area contributed by atoms with E-state index in [1.165, 1.54) is 11.1 Å². The summed E-state index contributed by atoms with van der Waals surface area (Å²) in [6, 6.07) is 16.1. The Labute approximate surface area is 151 Å². The number of amides is 1. The van der Waals surface area contributed by atoms with Crippen LogP contribution in [0, 0.1) is 0 Å². The number of rotatable bonds is 5. The largest absolute Gasteiger partial charge is 0.399 e. The van der Waals surface area contributed by atoms with Crippen LogP contribution in [0.5, 0.6) is 0 Å². The van der Waals surface area contributed by atoms with Gasteiger partial charge >= 0.3 is 0 Å². The van der Waals surface area contributed by atoms with Gasteiger partial charge < -0.3 is 11.1 Å². The Hall–Kier alpha value is -2.00. The first kappa shape index (κ1) is 20.0. The molecule has 4 heteroatoms. The van der Waals surface area contributed by atoms with Crippen LogP contribution in [-0.2, 0) is 23.1 Å². The van der Waals surface area contributed by atoms with Crippen LogP contribution in [0.25, 0.3) is 0 Å². The minimum atomic E-state index is 0. The minimum absolute atomic E-state index is 0. The van der Waals surface area contributed by atoms with Crippen molar-refractivity contribution in [2.24, 2.45) is 0 Å². The normalized spacial score (nSPS) is 10.8. The summed E-state index contributed by atoms with van der Waals surface area (Å²) < 4.78 is 0. The van der Waals surface area contributed by atoms with Crippen molar-refractivity contribution < 1.29 is 4.79 Å². The molecule has 0 bridgehead atoms. The molecule has 1 amide bonds. The highest BCUT2D eigenvalue weighted by atomic mass is 35.5. The molecule has 0 spiro atoms. The van der Waals surface area contributed by atoms with Crippen LogP contribution in [-0.4, -0.2) is 12.5 Å². The number of nitrogens with two attached hydrogens (primary N) is 1. The highest BCUT2D eigenvalue weighted by Crippen LogP contribution is 2.22. The highest BCUT2D eigenvalue weighted by molar-refractivity contribution is 5.85. The van der Waals surface area contributed by atoms with Gasteiger partial charge in [-0.25, -0.2) is 0 Å². The molecule has 0 atom stereocenters. The molecule has 130 valence electrons. The molecule has 0 radical (unpaired) electrons. The van der Waals surface area contributed by atoms with Gasteiger partial charge in [-0.3, -0.25) is 4.79 Å². The van der Waals surface area contributed by atoms with Gasteiger partial charge in [0.2, 0.25) is 5.91 Å². The van der Waals surface area contributed by atoms with E-state index in [0.717, 1.165) is 12.0 Å². The van der Waals surface area contributed by atoms with Crippen molar-refractivity contribution in [1.29, 1.82) is 0 Å². The van der Waals surface area contributed by atoms with Crippen LogP contribution in [0.2, 0.25) is 0 Å². The van der Waals surface area contributed by atoms with E-state index in [4.69, 9.17) is 5.73 Å². The van der Waals surface area contributed by atoms with Gasteiger partial charge in [0.1, 0.15) is 0 Å². The molecular weight excluding hydrogens is 320 g/mol. The summed E-state index contributed by atoms with van der Waals surface area (Å²) >= 11 is 0. The van der Waals surface area contributed by atoms with Gasteiger partial charge in [-0.05, 0) is 40.7 Å². The number of anilines is 1. The molecule has 2 aromatic carbocycles. The van der Waals surface area contributed by atoms with Crippen molar-refractivity contribution in [3.63, 3.8) is 0 Å². The number of nitrogen functional groups attached to an aromatic ring is 1. The van der Waals surface area contributed by atoms with Crippen LogP contribution in [0.1, 0.15) is 37.5 Å². The quantitative estimate of drug-likeness (QED) is 0.807. The number of carbonyl (C=O) groups excluding carboxylic acids is 1. The summed E-state index contributed by atoms with van der Waals surface area (Å²) in [6.45, 7) is 7.28. The summed E-state index contributed by atoms with van der Waals surface area (Å²) in [7, 11) is 0. The first-order chi connectivity index (χ1) is 10.8. The summed E-state index contributed by atoms with van der Waals surface area (Å²) in [5, 5.41) is 2.97. The van der Waals surface area contributed by atoms with Crippen molar-refractivity contribution in [1.82, 2.24) is 5.32 Å². The number of hydrogen-bond donors (Lipinski definition) is 2. The number of hydrogen-bond acceptors (Lipinski definition) is 2. The zero-order valence-corrected chi connectivity index (χ0v) is 15.5. The van der Waals surface area contributed by atoms with Crippen LogP contribution in [0.3, 0.4) is 0 Å². The predicted molar refractivity (Wildman–Crippen MR) is 104 cm³/mol. The Kier molecular flexibility index (Phi) is 7.30. The highest BCUT2D eigenvalue weighted by Gasteiger charge is 2.12. The molecule has 0 unspecified atom stereocenters. The first-order valence-corrected chi connectivity index (χ1v) is 8.05. The average Bonchev–Trinajstić information content (AvgIpc) is 2.49. The first-order valence-electron chi connectivity index (χ1n) is 8.05. The van der Waals surface area contributed by atoms with Crippen molar-refractivity contribution >= 4 is 24.0 Å². The van der Waals surface area contributed by atoms with Crippen molar-refractivity contribution in [3.05, 3.63) is 65.2 Å². The van der Waals surface area contributed by atoms with E-state index in [1.54, 1.807) is 0 Å². The second-order valence-electron chi connectivity index (χ2n) is 6.97. The summed E-state index contributed by atoms with van der Waals surface area (Å²) in [4.78, 5) is 11.9. The molecular formula is C20H27ClN2O.